The van der Waals surface area contributed by atoms with Crippen LogP contribution in [0.1, 0.15) is 35.1 Å². The first-order valence-electron chi connectivity index (χ1n) is 6.18. The van der Waals surface area contributed by atoms with Crippen LogP contribution in [-0.4, -0.2) is 9.97 Å². The van der Waals surface area contributed by atoms with E-state index in [4.69, 9.17) is 0 Å². The molecule has 0 amide bonds. The maximum absolute atomic E-state index is 4.64. The highest BCUT2D eigenvalue weighted by molar-refractivity contribution is 9.08. The van der Waals surface area contributed by atoms with Gasteiger partial charge in [0.1, 0.15) is 5.82 Å². The van der Waals surface area contributed by atoms with Crippen LogP contribution in [-0.2, 0) is 18.2 Å². The Labute approximate surface area is 117 Å². The van der Waals surface area contributed by atoms with Crippen molar-refractivity contribution < 1.29 is 0 Å². The van der Waals surface area contributed by atoms with E-state index >= 15 is 0 Å². The van der Waals surface area contributed by atoms with Gasteiger partial charge in [-0.05, 0) is 18.9 Å². The molecule has 94 valence electrons. The summed E-state index contributed by atoms with van der Waals surface area (Å²) in [5.41, 5.74) is 4.87. The highest BCUT2D eigenvalue weighted by Gasteiger charge is 2.05. The Bertz CT molecular complexity index is 521. The summed E-state index contributed by atoms with van der Waals surface area (Å²) in [7, 11) is 0. The molecule has 0 spiro atoms. The molecule has 1 aromatic heterocycles. The number of alkyl halides is 1. The minimum atomic E-state index is 0.801. The molecule has 0 fully saturated rings. The van der Waals surface area contributed by atoms with Crippen molar-refractivity contribution in [1.82, 2.24) is 9.97 Å². The molecule has 0 radical (unpaired) electrons. The van der Waals surface area contributed by atoms with E-state index in [1.807, 2.05) is 6.20 Å². The van der Waals surface area contributed by atoms with Crippen LogP contribution >= 0.6 is 15.9 Å². The minimum Gasteiger partial charge on any atom is -0.241 e. The van der Waals surface area contributed by atoms with Gasteiger partial charge in [-0.2, -0.15) is 0 Å². The van der Waals surface area contributed by atoms with Gasteiger partial charge < -0.3 is 0 Å². The predicted octanol–water partition coefficient (Wildman–Crippen LogP) is 3.83. The fourth-order valence-corrected chi connectivity index (χ4v) is 2.34. The Balaban J connectivity index is 2.21. The first-order chi connectivity index (χ1) is 8.72. The summed E-state index contributed by atoms with van der Waals surface area (Å²) in [5.74, 6) is 0.903. The van der Waals surface area contributed by atoms with Crippen LogP contribution in [0.4, 0.5) is 0 Å². The van der Waals surface area contributed by atoms with Crippen LogP contribution in [0.15, 0.2) is 30.5 Å². The lowest BCUT2D eigenvalue weighted by molar-refractivity contribution is 0.886. The van der Waals surface area contributed by atoms with Crippen molar-refractivity contribution >= 4 is 15.9 Å². The standard InChI is InChI=1S/C15H17BrN2/c1-3-14-13(9-16)10-17-15(18-14)8-12-6-4-11(2)5-7-12/h4-7,10H,3,8-9H2,1-2H3. The van der Waals surface area contributed by atoms with E-state index in [0.717, 1.165) is 29.7 Å². The molecule has 0 aliphatic carbocycles. The number of hydrogen-bond acceptors (Lipinski definition) is 2. The third kappa shape index (κ3) is 3.16. The van der Waals surface area contributed by atoms with Gasteiger partial charge in [0, 0.05) is 29.2 Å². The van der Waals surface area contributed by atoms with Gasteiger partial charge in [0.15, 0.2) is 0 Å². The van der Waals surface area contributed by atoms with Gasteiger partial charge in [0.2, 0.25) is 0 Å². The molecule has 2 aromatic rings. The number of benzene rings is 1. The average molecular weight is 305 g/mol. The van der Waals surface area contributed by atoms with Crippen molar-refractivity contribution in [1.29, 1.82) is 0 Å². The van der Waals surface area contributed by atoms with Gasteiger partial charge in [-0.3, -0.25) is 0 Å². The molecule has 0 N–H and O–H groups in total. The molecule has 2 rings (SSSR count). The van der Waals surface area contributed by atoms with Crippen molar-refractivity contribution in [2.24, 2.45) is 0 Å². The topological polar surface area (TPSA) is 25.8 Å². The van der Waals surface area contributed by atoms with E-state index in [0.29, 0.717) is 0 Å². The Morgan fingerprint density at radius 2 is 1.89 bits per heavy atom. The molecule has 0 bridgehead atoms. The number of aryl methyl sites for hydroxylation is 2. The summed E-state index contributed by atoms with van der Waals surface area (Å²) in [4.78, 5) is 9.07. The third-order valence-electron chi connectivity index (χ3n) is 2.97. The largest absolute Gasteiger partial charge is 0.241 e. The number of halogens is 1. The van der Waals surface area contributed by atoms with Gasteiger partial charge in [0.25, 0.3) is 0 Å². The van der Waals surface area contributed by atoms with Crippen molar-refractivity contribution in [2.45, 2.75) is 32.0 Å². The summed E-state index contributed by atoms with van der Waals surface area (Å²) < 4.78 is 0. The Kier molecular flexibility index (Phi) is 4.48. The number of aromatic nitrogens is 2. The summed E-state index contributed by atoms with van der Waals surface area (Å²) in [6, 6.07) is 8.54. The summed E-state index contributed by atoms with van der Waals surface area (Å²) in [6.07, 6.45) is 3.68. The highest BCUT2D eigenvalue weighted by Crippen LogP contribution is 2.13. The Morgan fingerprint density at radius 3 is 2.50 bits per heavy atom. The zero-order chi connectivity index (χ0) is 13.0. The Hall–Kier alpha value is -1.22. The normalized spacial score (nSPS) is 10.6. The Morgan fingerprint density at radius 1 is 1.17 bits per heavy atom. The first kappa shape index (κ1) is 13.2. The molecular formula is C15H17BrN2. The SMILES string of the molecule is CCc1nc(Cc2ccc(C)cc2)ncc1CBr. The maximum atomic E-state index is 4.64. The van der Waals surface area contributed by atoms with E-state index in [9.17, 15) is 0 Å². The second kappa shape index (κ2) is 6.10. The molecule has 0 saturated heterocycles. The summed E-state index contributed by atoms with van der Waals surface area (Å²) in [6.45, 7) is 4.23. The molecule has 0 aliphatic rings. The first-order valence-corrected chi connectivity index (χ1v) is 7.30. The molecule has 0 saturated carbocycles. The smallest absolute Gasteiger partial charge is 0.132 e. The maximum Gasteiger partial charge on any atom is 0.132 e. The van der Waals surface area contributed by atoms with Gasteiger partial charge in [-0.15, -0.1) is 0 Å². The fraction of sp³-hybridized carbons (Fsp3) is 0.333. The van der Waals surface area contributed by atoms with E-state index in [1.54, 1.807) is 0 Å². The van der Waals surface area contributed by atoms with Gasteiger partial charge in [0.05, 0.1) is 0 Å². The van der Waals surface area contributed by atoms with Gasteiger partial charge in [-0.25, -0.2) is 9.97 Å². The zero-order valence-electron chi connectivity index (χ0n) is 10.8. The molecule has 0 aliphatic heterocycles. The average Bonchev–Trinajstić information content (AvgIpc) is 2.41. The van der Waals surface area contributed by atoms with Gasteiger partial charge in [-0.1, -0.05) is 52.7 Å². The minimum absolute atomic E-state index is 0.801. The van der Waals surface area contributed by atoms with Crippen molar-refractivity contribution in [3.8, 4) is 0 Å². The summed E-state index contributed by atoms with van der Waals surface area (Å²) >= 11 is 3.47. The molecule has 18 heavy (non-hydrogen) atoms. The number of rotatable bonds is 4. The quantitative estimate of drug-likeness (QED) is 0.802. The van der Waals surface area contributed by atoms with Crippen molar-refractivity contribution in [3.63, 3.8) is 0 Å². The van der Waals surface area contributed by atoms with E-state index in [-0.39, 0.29) is 0 Å². The van der Waals surface area contributed by atoms with Crippen molar-refractivity contribution in [2.75, 3.05) is 0 Å². The van der Waals surface area contributed by atoms with Crippen LogP contribution in [0.25, 0.3) is 0 Å². The second-order valence-corrected chi connectivity index (χ2v) is 4.97. The van der Waals surface area contributed by atoms with Crippen LogP contribution in [0.2, 0.25) is 0 Å². The van der Waals surface area contributed by atoms with Gasteiger partial charge >= 0.3 is 0 Å². The second-order valence-electron chi connectivity index (χ2n) is 4.41. The van der Waals surface area contributed by atoms with E-state index in [2.05, 4.69) is 64.0 Å². The van der Waals surface area contributed by atoms with Crippen molar-refractivity contribution in [3.05, 3.63) is 58.7 Å². The number of nitrogens with zero attached hydrogens (tertiary/aromatic N) is 2. The lowest BCUT2D eigenvalue weighted by atomic mass is 10.1. The lowest BCUT2D eigenvalue weighted by Crippen LogP contribution is -2.03. The third-order valence-corrected chi connectivity index (χ3v) is 3.57. The molecular weight excluding hydrogens is 288 g/mol. The summed E-state index contributed by atoms with van der Waals surface area (Å²) in [5, 5.41) is 0.820. The number of hydrogen-bond donors (Lipinski definition) is 0. The molecule has 1 heterocycles. The fourth-order valence-electron chi connectivity index (χ4n) is 1.87. The van der Waals surface area contributed by atoms with Crippen LogP contribution in [0.3, 0.4) is 0 Å². The molecule has 0 atom stereocenters. The molecule has 2 nitrogen and oxygen atoms in total. The zero-order valence-corrected chi connectivity index (χ0v) is 12.4. The molecule has 0 unspecified atom stereocenters. The van der Waals surface area contributed by atoms with Crippen LogP contribution in [0, 0.1) is 6.92 Å². The molecule has 3 heteroatoms. The highest BCUT2D eigenvalue weighted by atomic mass is 79.9. The predicted molar refractivity (Wildman–Crippen MR) is 78.0 cm³/mol. The molecule has 1 aromatic carbocycles. The van der Waals surface area contributed by atoms with Crippen LogP contribution < -0.4 is 0 Å². The van der Waals surface area contributed by atoms with E-state index in [1.165, 1.54) is 16.7 Å². The van der Waals surface area contributed by atoms with Crippen LogP contribution in [0.5, 0.6) is 0 Å². The van der Waals surface area contributed by atoms with E-state index < -0.39 is 0 Å². The lowest BCUT2D eigenvalue weighted by Gasteiger charge is -2.07. The monoisotopic (exact) mass is 304 g/mol.